The first-order valence-electron chi connectivity index (χ1n) is 27.5. The highest BCUT2D eigenvalue weighted by molar-refractivity contribution is 5.91. The minimum atomic E-state index is -1.11. The van der Waals surface area contributed by atoms with Gasteiger partial charge in [0.05, 0.1) is 125 Å². The number of hydrogen-bond donors (Lipinski definition) is 13. The molecular weight excluding hydrogens is 1080 g/mol. The fraction of sp³-hybridized carbons (Fsp3) is 0.426. The van der Waals surface area contributed by atoms with E-state index in [1.807, 2.05) is 156 Å². The lowest BCUT2D eigenvalue weighted by Gasteiger charge is -2.22. The number of hydrogen-bond acceptors (Lipinski definition) is 18. The van der Waals surface area contributed by atoms with E-state index in [4.69, 9.17) is 0 Å². The number of carbonyl (C=O) groups excluding carboxylic acids is 5. The molecule has 0 spiro atoms. The Morgan fingerprint density at radius 2 is 0.690 bits per heavy atom. The molecular formula is C61H82N10O13. The van der Waals surface area contributed by atoms with Crippen molar-refractivity contribution < 1.29 is 64.8 Å². The van der Waals surface area contributed by atoms with E-state index in [1.165, 1.54) is 0 Å². The van der Waals surface area contributed by atoms with Gasteiger partial charge in [0, 0.05) is 0 Å². The molecule has 5 saturated heterocycles. The standard InChI is InChI=1S/2C13H18N2O2.2C12H16N2O3.C11H14N2O3/c1-9-4-10(2)6-11(5-9)15-7-13(3,8-16)12(17)14-15;1-9-4-5-10(2)11(6-9)15-7-13(3,8-16)12(17)14-15;1-9-2-4-10(5-3-9)14-6-12(7-15,8-16)11(17)13-14;1-9-4-2-3-5-10(9)14-6-12(7-15,8-16)11(17)13-14;14-7-11(8-15)6-13(12-10(11)16)9-4-2-1-3-5-9/h2*4-6,16H,7-8H2,1-3H3,(H,14,17);2*2-5,15-16H,6-8H2,1H3,(H,13,17);1-5,14-15H,6-8H2,(H,12,16). The Labute approximate surface area is 490 Å². The average molecular weight is 1160 g/mol. The van der Waals surface area contributed by atoms with Crippen LogP contribution in [0.2, 0.25) is 0 Å². The number of aliphatic hydroxyl groups is 8. The summed E-state index contributed by atoms with van der Waals surface area (Å²) in [6.45, 7) is 14.9. The predicted octanol–water partition coefficient (Wildman–Crippen LogP) is 1.45. The second-order valence-corrected chi connectivity index (χ2v) is 23.0. The molecule has 23 heteroatoms. The molecule has 0 bridgehead atoms. The van der Waals surface area contributed by atoms with Crippen LogP contribution in [0.15, 0.2) is 115 Å². The lowest BCUT2D eigenvalue weighted by molar-refractivity contribution is -0.132. The Morgan fingerprint density at radius 3 is 1.13 bits per heavy atom. The van der Waals surface area contributed by atoms with E-state index >= 15 is 0 Å². The van der Waals surface area contributed by atoms with Gasteiger partial charge in [-0.05, 0) is 132 Å². The molecule has 2 atom stereocenters. The summed E-state index contributed by atoms with van der Waals surface area (Å²) in [6.07, 6.45) is 0. The molecule has 5 aromatic rings. The molecule has 84 heavy (non-hydrogen) atoms. The largest absolute Gasteiger partial charge is 0.395 e. The van der Waals surface area contributed by atoms with Crippen molar-refractivity contribution in [3.8, 4) is 0 Å². The lowest BCUT2D eigenvalue weighted by Crippen LogP contribution is -2.39. The molecule has 0 aliphatic carbocycles. The van der Waals surface area contributed by atoms with Gasteiger partial charge in [-0.3, -0.25) is 76.1 Å². The van der Waals surface area contributed by atoms with Crippen LogP contribution in [0, 0.1) is 68.6 Å². The number of aliphatic hydroxyl groups excluding tert-OH is 8. The van der Waals surface area contributed by atoms with Crippen molar-refractivity contribution in [1.29, 1.82) is 0 Å². The van der Waals surface area contributed by atoms with Crippen LogP contribution in [0.3, 0.4) is 0 Å². The average Bonchev–Trinajstić information content (AvgIpc) is 2.87. The number of benzene rings is 5. The van der Waals surface area contributed by atoms with Crippen molar-refractivity contribution >= 4 is 58.0 Å². The summed E-state index contributed by atoms with van der Waals surface area (Å²) in [5, 5.41) is 82.6. The van der Waals surface area contributed by atoms with Crippen LogP contribution >= 0.6 is 0 Å². The van der Waals surface area contributed by atoms with Gasteiger partial charge < -0.3 is 40.9 Å². The van der Waals surface area contributed by atoms with Crippen LogP contribution < -0.4 is 52.2 Å². The first kappa shape index (κ1) is 65.3. The Hall–Kier alpha value is -7.87. The van der Waals surface area contributed by atoms with Gasteiger partial charge in [0.1, 0.15) is 16.2 Å². The predicted molar refractivity (Wildman–Crippen MR) is 318 cm³/mol. The number of nitrogens with one attached hydrogen (secondary N) is 5. The number of anilines is 5. The van der Waals surface area contributed by atoms with E-state index in [2.05, 4.69) is 33.2 Å². The number of carbonyl (C=O) groups is 5. The highest BCUT2D eigenvalue weighted by Crippen LogP contribution is 2.33. The maximum absolute atomic E-state index is 11.8. The minimum Gasteiger partial charge on any atom is -0.395 e. The second-order valence-electron chi connectivity index (χ2n) is 23.0. The van der Waals surface area contributed by atoms with Crippen molar-refractivity contribution in [2.24, 2.45) is 27.1 Å². The maximum Gasteiger partial charge on any atom is 0.251 e. The minimum absolute atomic E-state index is 0.124. The zero-order valence-electron chi connectivity index (χ0n) is 49.0. The van der Waals surface area contributed by atoms with Gasteiger partial charge in [0.25, 0.3) is 17.7 Å². The molecule has 454 valence electrons. The van der Waals surface area contributed by atoms with Crippen molar-refractivity contribution in [3.05, 3.63) is 149 Å². The summed E-state index contributed by atoms with van der Waals surface area (Å²) >= 11 is 0. The third kappa shape index (κ3) is 14.5. The van der Waals surface area contributed by atoms with Crippen molar-refractivity contribution in [2.75, 3.05) is 111 Å². The smallest absolute Gasteiger partial charge is 0.251 e. The molecule has 23 nitrogen and oxygen atoms in total. The third-order valence-corrected chi connectivity index (χ3v) is 15.6. The first-order valence-corrected chi connectivity index (χ1v) is 27.5. The van der Waals surface area contributed by atoms with E-state index in [0.29, 0.717) is 13.1 Å². The molecule has 0 radical (unpaired) electrons. The molecule has 0 aromatic heterocycles. The highest BCUT2D eigenvalue weighted by atomic mass is 16.3. The van der Waals surface area contributed by atoms with Gasteiger partial charge in [-0.2, -0.15) is 0 Å². The number of rotatable bonds is 13. The monoisotopic (exact) mass is 1160 g/mol. The van der Waals surface area contributed by atoms with Gasteiger partial charge in [0.15, 0.2) is 0 Å². The summed E-state index contributed by atoms with van der Waals surface area (Å²) in [7, 11) is 0. The van der Waals surface area contributed by atoms with Gasteiger partial charge in [-0.15, -0.1) is 0 Å². The lowest BCUT2D eigenvalue weighted by atomic mass is 9.90. The van der Waals surface area contributed by atoms with Gasteiger partial charge >= 0.3 is 0 Å². The van der Waals surface area contributed by atoms with E-state index < -0.39 is 27.1 Å². The molecule has 5 heterocycles. The molecule has 10 rings (SSSR count). The molecule has 13 N–H and O–H groups in total. The fourth-order valence-electron chi connectivity index (χ4n) is 9.60. The van der Waals surface area contributed by atoms with E-state index in [-0.39, 0.29) is 102 Å². The van der Waals surface area contributed by atoms with Crippen molar-refractivity contribution in [1.82, 2.24) is 27.1 Å². The van der Waals surface area contributed by atoms with Crippen LogP contribution in [0.5, 0.6) is 0 Å². The van der Waals surface area contributed by atoms with Crippen LogP contribution in [-0.2, 0) is 24.0 Å². The zero-order chi connectivity index (χ0) is 61.8. The molecule has 5 aliphatic rings. The number of aryl methyl sites for hydroxylation is 6. The topological polar surface area (TPSA) is 324 Å². The summed E-state index contributed by atoms with van der Waals surface area (Å²) in [5.74, 6) is -1.28. The van der Waals surface area contributed by atoms with E-state index in [1.54, 1.807) is 33.9 Å². The third-order valence-electron chi connectivity index (χ3n) is 15.6. The molecule has 5 aliphatic heterocycles. The van der Waals surface area contributed by atoms with Gasteiger partial charge in [-0.1, -0.05) is 72.3 Å². The van der Waals surface area contributed by atoms with Crippen LogP contribution in [0.1, 0.15) is 47.2 Å². The molecule has 5 fully saturated rings. The molecule has 2 unspecified atom stereocenters. The number of para-hydroxylation sites is 2. The number of nitrogens with zero attached hydrogens (tertiary/aromatic N) is 5. The van der Waals surface area contributed by atoms with Crippen LogP contribution in [0.25, 0.3) is 0 Å². The van der Waals surface area contributed by atoms with Gasteiger partial charge in [0.2, 0.25) is 11.8 Å². The first-order chi connectivity index (χ1) is 39.9. The van der Waals surface area contributed by atoms with E-state index in [9.17, 15) is 64.8 Å². The molecule has 5 amide bonds. The summed E-state index contributed by atoms with van der Waals surface area (Å²) in [6, 6.07) is 36.9. The summed E-state index contributed by atoms with van der Waals surface area (Å²) < 4.78 is 0. The van der Waals surface area contributed by atoms with Crippen LogP contribution in [0.4, 0.5) is 28.4 Å². The van der Waals surface area contributed by atoms with Crippen molar-refractivity contribution in [2.45, 2.75) is 55.4 Å². The summed E-state index contributed by atoms with van der Waals surface area (Å²) in [5.41, 5.74) is 20.1. The number of hydrazine groups is 5. The SMILES string of the molecule is Cc1cc(C)cc(N2CC(C)(CO)C(=O)N2)c1.Cc1ccc(C)c(N2CC(C)(CO)C(=O)N2)c1.Cc1ccc(N2CC(CO)(CO)C(=O)N2)cc1.Cc1ccccc1N1CC(CO)(CO)C(=O)N1.O=C1NN(c2ccccc2)CC1(CO)CO. The summed E-state index contributed by atoms with van der Waals surface area (Å²) in [4.78, 5) is 58.7. The number of amides is 5. The Balaban J connectivity index is 0.000000168. The molecule has 0 saturated carbocycles. The van der Waals surface area contributed by atoms with Gasteiger partial charge in [-0.25, -0.2) is 0 Å². The van der Waals surface area contributed by atoms with Crippen LogP contribution in [-0.4, -0.2) is 156 Å². The second kappa shape index (κ2) is 27.7. The van der Waals surface area contributed by atoms with E-state index in [0.717, 1.165) is 61.8 Å². The maximum atomic E-state index is 11.8. The fourth-order valence-corrected chi connectivity index (χ4v) is 9.60. The molecule has 5 aromatic carbocycles. The van der Waals surface area contributed by atoms with Crippen molar-refractivity contribution in [3.63, 3.8) is 0 Å². The quantitative estimate of drug-likeness (QED) is 0.0794. The Bertz CT molecular complexity index is 3070. The Morgan fingerprint density at radius 1 is 0.333 bits per heavy atom. The normalized spacial score (nSPS) is 20.7. The zero-order valence-corrected chi connectivity index (χ0v) is 49.0. The highest BCUT2D eigenvalue weighted by Gasteiger charge is 2.49. The Kier molecular flexibility index (Phi) is 21.5.